The van der Waals surface area contributed by atoms with Crippen LogP contribution in [0.1, 0.15) is 45.7 Å². The fraction of sp³-hybridized carbons (Fsp3) is 0.176. The first-order chi connectivity index (χ1) is 20.3. The maximum atomic E-state index is 11.6. The Labute approximate surface area is 244 Å². The van der Waals surface area contributed by atoms with Crippen LogP contribution in [-0.2, 0) is 25.8 Å². The van der Waals surface area contributed by atoms with Gasteiger partial charge in [-0.2, -0.15) is 0 Å². The summed E-state index contributed by atoms with van der Waals surface area (Å²) in [6, 6.07) is 28.6. The average molecular weight is 561 g/mol. The third-order valence-electron chi connectivity index (χ3n) is 7.01. The molecule has 0 amide bonds. The molecule has 8 nitrogen and oxygen atoms in total. The number of anilines is 3. The molecule has 0 spiro atoms. The molecule has 8 heteroatoms. The monoisotopic (exact) mass is 560 g/mol. The molecule has 212 valence electrons. The van der Waals surface area contributed by atoms with Gasteiger partial charge in [-0.25, -0.2) is 9.59 Å². The summed E-state index contributed by atoms with van der Waals surface area (Å²) in [4.78, 5) is 35.0. The molecule has 0 unspecified atom stereocenters. The molecular weight excluding hydrogens is 528 g/mol. The second-order valence-electron chi connectivity index (χ2n) is 9.87. The summed E-state index contributed by atoms with van der Waals surface area (Å²) in [5, 5.41) is 11.2. The molecule has 42 heavy (non-hydrogen) atoms. The first-order valence-electron chi connectivity index (χ1n) is 13.7. The van der Waals surface area contributed by atoms with E-state index in [-0.39, 0.29) is 0 Å². The lowest BCUT2D eigenvalue weighted by Crippen LogP contribution is -2.13. The van der Waals surface area contributed by atoms with Gasteiger partial charge in [0.1, 0.15) is 0 Å². The maximum Gasteiger partial charge on any atom is 0.331 e. The summed E-state index contributed by atoms with van der Waals surface area (Å²) >= 11 is 0. The highest BCUT2D eigenvalue weighted by molar-refractivity contribution is 6.25. The normalized spacial score (nSPS) is 12.0. The van der Waals surface area contributed by atoms with E-state index in [1.807, 2.05) is 61.5 Å². The topological polar surface area (TPSA) is 85.5 Å². The van der Waals surface area contributed by atoms with Crippen molar-refractivity contribution in [3.05, 3.63) is 102 Å². The number of aryl methyl sites for hydroxylation is 1. The van der Waals surface area contributed by atoms with E-state index in [4.69, 9.17) is 9.68 Å². The van der Waals surface area contributed by atoms with E-state index < -0.39 is 11.9 Å². The van der Waals surface area contributed by atoms with E-state index in [9.17, 15) is 9.59 Å². The van der Waals surface area contributed by atoms with Crippen molar-refractivity contribution >= 4 is 62.1 Å². The number of nitrogens with zero attached hydrogens (tertiary/aromatic N) is 4. The molecule has 0 N–H and O–H groups in total. The van der Waals surface area contributed by atoms with Crippen LogP contribution in [0.15, 0.2) is 101 Å². The van der Waals surface area contributed by atoms with Crippen LogP contribution < -0.4 is 4.90 Å². The summed E-state index contributed by atoms with van der Waals surface area (Å²) in [6.07, 6.45) is 2.08. The van der Waals surface area contributed by atoms with Crippen molar-refractivity contribution in [2.45, 2.75) is 41.2 Å². The fourth-order valence-electron chi connectivity index (χ4n) is 5.19. The lowest BCUT2D eigenvalue weighted by molar-refractivity contribution is -0.141. The predicted molar refractivity (Wildman–Crippen MR) is 168 cm³/mol. The number of carbonyl (C=O) groups is 2. The number of oxime groups is 2. The zero-order valence-electron chi connectivity index (χ0n) is 24.3. The number of aromatic nitrogens is 1. The van der Waals surface area contributed by atoms with Gasteiger partial charge in [0.25, 0.3) is 0 Å². The van der Waals surface area contributed by atoms with Gasteiger partial charge in [0.05, 0.1) is 22.6 Å². The van der Waals surface area contributed by atoms with Crippen molar-refractivity contribution in [3.8, 4) is 0 Å². The van der Waals surface area contributed by atoms with Gasteiger partial charge in [-0.3, -0.25) is 0 Å². The van der Waals surface area contributed by atoms with E-state index in [0.717, 1.165) is 56.4 Å². The van der Waals surface area contributed by atoms with E-state index in [1.54, 1.807) is 6.92 Å². The molecule has 0 fully saturated rings. The molecule has 4 aromatic carbocycles. The van der Waals surface area contributed by atoms with Gasteiger partial charge in [-0.05, 0) is 62.1 Å². The molecule has 1 heterocycles. The van der Waals surface area contributed by atoms with Crippen molar-refractivity contribution in [2.75, 3.05) is 4.90 Å². The average Bonchev–Trinajstić information content (AvgIpc) is 3.43. The molecule has 0 atom stereocenters. The first-order valence-corrected chi connectivity index (χ1v) is 13.7. The van der Waals surface area contributed by atoms with Gasteiger partial charge >= 0.3 is 11.9 Å². The molecule has 0 bridgehead atoms. The van der Waals surface area contributed by atoms with Crippen LogP contribution in [0.3, 0.4) is 0 Å². The number of hydrogen-bond acceptors (Lipinski definition) is 7. The Hall–Kier alpha value is -5.24. The lowest BCUT2D eigenvalue weighted by atomic mass is 9.95. The Bertz CT molecular complexity index is 1840. The Morgan fingerprint density at radius 3 is 1.88 bits per heavy atom. The smallest absolute Gasteiger partial charge is 0.331 e. The van der Waals surface area contributed by atoms with Gasteiger partial charge in [0.15, 0.2) is 0 Å². The number of carbonyl (C=O) groups excluding carboxylic acids is 2. The molecule has 5 aromatic rings. The Morgan fingerprint density at radius 1 is 0.690 bits per heavy atom. The van der Waals surface area contributed by atoms with Crippen molar-refractivity contribution < 1.29 is 19.3 Å². The minimum Gasteiger partial charge on any atom is -0.347 e. The molecule has 1 aromatic heterocycles. The summed E-state index contributed by atoms with van der Waals surface area (Å²) in [5.74, 6) is -0.933. The SMILES string of the molecule is CCn1ccc2c(N(c3ccccc3)c3ccc(/C(C)=N\OC(C)=O)cc3)c3ccccc3c(/C(C)=N/OC(C)=O)c21. The van der Waals surface area contributed by atoms with Gasteiger partial charge in [0.2, 0.25) is 0 Å². The number of para-hydroxylation sites is 1. The standard InChI is InChI=1S/C34H32N4O4/c1-6-37-21-20-31-33(30-15-11-10-14-29(30)32(34(31)37)23(3)36-42-25(5)40)38(27-12-8-7-9-13-27)28-18-16-26(17-19-28)22(2)35-41-24(4)39/h7-21H,6H2,1-5H3/b35-22-,36-23+. The fourth-order valence-corrected chi connectivity index (χ4v) is 5.19. The Kier molecular flexibility index (Phi) is 8.15. The molecule has 0 aliphatic rings. The minimum absolute atomic E-state index is 0.465. The van der Waals surface area contributed by atoms with E-state index in [1.165, 1.54) is 13.8 Å². The van der Waals surface area contributed by atoms with E-state index in [2.05, 4.69) is 63.2 Å². The summed E-state index contributed by atoms with van der Waals surface area (Å²) in [7, 11) is 0. The van der Waals surface area contributed by atoms with Crippen LogP contribution in [0.2, 0.25) is 0 Å². The van der Waals surface area contributed by atoms with Crippen LogP contribution in [0.5, 0.6) is 0 Å². The summed E-state index contributed by atoms with van der Waals surface area (Å²) in [6.45, 7) is 9.18. The molecular formula is C34H32N4O4. The Balaban J connectivity index is 1.80. The molecule has 0 saturated carbocycles. The van der Waals surface area contributed by atoms with Gasteiger partial charge in [-0.15, -0.1) is 0 Å². The minimum atomic E-state index is -0.468. The van der Waals surface area contributed by atoms with Crippen molar-refractivity contribution in [2.24, 2.45) is 10.3 Å². The van der Waals surface area contributed by atoms with Crippen molar-refractivity contribution in [3.63, 3.8) is 0 Å². The highest BCUT2D eigenvalue weighted by atomic mass is 16.7. The van der Waals surface area contributed by atoms with E-state index in [0.29, 0.717) is 11.4 Å². The third kappa shape index (κ3) is 5.51. The van der Waals surface area contributed by atoms with Crippen LogP contribution in [0, 0.1) is 0 Å². The highest BCUT2D eigenvalue weighted by Crippen LogP contribution is 2.46. The maximum absolute atomic E-state index is 11.6. The van der Waals surface area contributed by atoms with Gasteiger partial charge in [-0.1, -0.05) is 64.9 Å². The number of hydrogen-bond donors (Lipinski definition) is 0. The van der Waals surface area contributed by atoms with E-state index >= 15 is 0 Å². The van der Waals surface area contributed by atoms with Crippen molar-refractivity contribution in [1.82, 2.24) is 4.57 Å². The Morgan fingerprint density at radius 2 is 1.26 bits per heavy atom. The number of fused-ring (bicyclic) bond motifs is 2. The zero-order valence-corrected chi connectivity index (χ0v) is 24.3. The largest absolute Gasteiger partial charge is 0.347 e. The number of rotatable bonds is 8. The zero-order chi connectivity index (χ0) is 29.8. The molecule has 0 aliphatic carbocycles. The van der Waals surface area contributed by atoms with Gasteiger partial charge < -0.3 is 19.1 Å². The van der Waals surface area contributed by atoms with Crippen molar-refractivity contribution in [1.29, 1.82) is 0 Å². The lowest BCUT2D eigenvalue weighted by Gasteiger charge is -2.29. The molecule has 0 radical (unpaired) electrons. The van der Waals surface area contributed by atoms with Crippen LogP contribution in [0.25, 0.3) is 21.7 Å². The summed E-state index contributed by atoms with van der Waals surface area (Å²) in [5.41, 5.74) is 6.92. The van der Waals surface area contributed by atoms with Crippen LogP contribution >= 0.6 is 0 Å². The molecule has 5 rings (SSSR count). The van der Waals surface area contributed by atoms with Crippen LogP contribution in [0.4, 0.5) is 17.1 Å². The summed E-state index contributed by atoms with van der Waals surface area (Å²) < 4.78 is 2.19. The third-order valence-corrected chi connectivity index (χ3v) is 7.01. The predicted octanol–water partition coefficient (Wildman–Crippen LogP) is 7.86. The second-order valence-corrected chi connectivity index (χ2v) is 9.87. The molecule has 0 aliphatic heterocycles. The number of benzene rings is 4. The second kappa shape index (κ2) is 12.1. The molecule has 0 saturated heterocycles. The first kappa shape index (κ1) is 28.3. The highest BCUT2D eigenvalue weighted by Gasteiger charge is 2.24. The quantitative estimate of drug-likeness (QED) is 0.110. The van der Waals surface area contributed by atoms with Gasteiger partial charge in [0, 0.05) is 54.3 Å². The van der Waals surface area contributed by atoms with Crippen LogP contribution in [-0.4, -0.2) is 27.9 Å².